The molecule has 0 heterocycles. The predicted octanol–water partition coefficient (Wildman–Crippen LogP) is 3.03. The first-order valence-electron chi connectivity index (χ1n) is 6.54. The van der Waals surface area contributed by atoms with Crippen LogP contribution >= 0.6 is 0 Å². The van der Waals surface area contributed by atoms with E-state index < -0.39 is 35.0 Å². The van der Waals surface area contributed by atoms with E-state index in [0.29, 0.717) is 11.3 Å². The molecule has 0 saturated heterocycles. The molecular formula is C15H17F2NO3. The molecule has 114 valence electrons. The number of anilines is 1. The largest absolute Gasteiger partial charge is 0.481 e. The van der Waals surface area contributed by atoms with E-state index in [9.17, 15) is 18.4 Å². The van der Waals surface area contributed by atoms with Crippen LogP contribution in [0.1, 0.15) is 32.8 Å². The lowest BCUT2D eigenvalue weighted by atomic mass is 9.85. The summed E-state index contributed by atoms with van der Waals surface area (Å²) in [5.41, 5.74) is -1.77. The minimum atomic E-state index is -2.96. The molecule has 21 heavy (non-hydrogen) atoms. The second-order valence-electron chi connectivity index (χ2n) is 6.17. The number of carboxylic acid groups (broad SMARTS) is 1. The third-order valence-electron chi connectivity index (χ3n) is 4.16. The normalized spacial score (nSPS) is 23.5. The van der Waals surface area contributed by atoms with Gasteiger partial charge in [0.2, 0.25) is 5.91 Å². The number of carboxylic acids is 1. The van der Waals surface area contributed by atoms with E-state index in [-0.39, 0.29) is 0 Å². The SMILES string of the molecule is CC(C)(C(=O)O)c1ccc(NC(=O)C2(C)CC2(F)F)cc1. The fraction of sp³-hybridized carbons (Fsp3) is 0.467. The second-order valence-corrected chi connectivity index (χ2v) is 6.17. The molecule has 1 fully saturated rings. The summed E-state index contributed by atoms with van der Waals surface area (Å²) < 4.78 is 26.2. The highest BCUT2D eigenvalue weighted by atomic mass is 19.3. The lowest BCUT2D eigenvalue weighted by Gasteiger charge is -2.20. The molecule has 0 aliphatic heterocycles. The van der Waals surface area contributed by atoms with Crippen molar-refractivity contribution in [3.8, 4) is 0 Å². The third-order valence-corrected chi connectivity index (χ3v) is 4.16. The molecule has 1 aliphatic carbocycles. The summed E-state index contributed by atoms with van der Waals surface area (Å²) in [7, 11) is 0. The molecule has 6 heteroatoms. The Bertz CT molecular complexity index is 595. The van der Waals surface area contributed by atoms with Gasteiger partial charge in [-0.3, -0.25) is 9.59 Å². The summed E-state index contributed by atoms with van der Waals surface area (Å²) >= 11 is 0. The zero-order valence-electron chi connectivity index (χ0n) is 12.0. The van der Waals surface area contributed by atoms with Crippen LogP contribution in [0.3, 0.4) is 0 Å². The average Bonchev–Trinajstić information content (AvgIpc) is 2.90. The number of aliphatic carboxylic acids is 1. The van der Waals surface area contributed by atoms with E-state index in [1.54, 1.807) is 26.0 Å². The van der Waals surface area contributed by atoms with E-state index in [0.717, 1.165) is 0 Å². The smallest absolute Gasteiger partial charge is 0.313 e. The van der Waals surface area contributed by atoms with Crippen LogP contribution in [-0.2, 0) is 15.0 Å². The number of alkyl halides is 2. The number of amides is 1. The van der Waals surface area contributed by atoms with Crippen molar-refractivity contribution < 1.29 is 23.5 Å². The molecule has 0 aromatic heterocycles. The van der Waals surface area contributed by atoms with Crippen molar-refractivity contribution in [1.29, 1.82) is 0 Å². The van der Waals surface area contributed by atoms with Crippen LogP contribution in [0.2, 0.25) is 0 Å². The number of carbonyl (C=O) groups excluding carboxylic acids is 1. The molecule has 1 aromatic carbocycles. The van der Waals surface area contributed by atoms with Gasteiger partial charge in [-0.2, -0.15) is 0 Å². The lowest BCUT2D eigenvalue weighted by Crippen LogP contribution is -2.29. The van der Waals surface area contributed by atoms with Crippen LogP contribution in [-0.4, -0.2) is 22.9 Å². The van der Waals surface area contributed by atoms with Crippen molar-refractivity contribution in [2.45, 2.75) is 38.5 Å². The molecule has 2 rings (SSSR count). The Labute approximate surface area is 121 Å². The highest BCUT2D eigenvalue weighted by Gasteiger charge is 2.72. The van der Waals surface area contributed by atoms with E-state index in [1.165, 1.54) is 19.1 Å². The summed E-state index contributed by atoms with van der Waals surface area (Å²) in [4.78, 5) is 23.0. The Hall–Kier alpha value is -1.98. The Morgan fingerprint density at radius 1 is 1.24 bits per heavy atom. The quantitative estimate of drug-likeness (QED) is 0.897. The Balaban J connectivity index is 2.11. The first-order chi connectivity index (χ1) is 9.50. The molecule has 2 N–H and O–H groups in total. The lowest BCUT2D eigenvalue weighted by molar-refractivity contribution is -0.142. The summed E-state index contributed by atoms with van der Waals surface area (Å²) in [6, 6.07) is 6.16. The highest BCUT2D eigenvalue weighted by molar-refractivity contribution is 5.98. The maximum absolute atomic E-state index is 13.1. The van der Waals surface area contributed by atoms with Gasteiger partial charge >= 0.3 is 5.97 Å². The summed E-state index contributed by atoms with van der Waals surface area (Å²) in [5.74, 6) is -4.65. The van der Waals surface area contributed by atoms with Crippen LogP contribution in [0.15, 0.2) is 24.3 Å². The number of benzene rings is 1. The molecule has 0 bridgehead atoms. The van der Waals surface area contributed by atoms with E-state index in [1.807, 2.05) is 0 Å². The van der Waals surface area contributed by atoms with Gasteiger partial charge in [-0.15, -0.1) is 0 Å². The maximum Gasteiger partial charge on any atom is 0.313 e. The third kappa shape index (κ3) is 2.50. The second kappa shape index (κ2) is 4.51. The number of nitrogens with one attached hydrogen (secondary N) is 1. The molecule has 1 unspecified atom stereocenters. The zero-order chi connectivity index (χ0) is 16.1. The molecule has 1 atom stereocenters. The van der Waals surface area contributed by atoms with Crippen LogP contribution in [0.5, 0.6) is 0 Å². The van der Waals surface area contributed by atoms with Gasteiger partial charge < -0.3 is 10.4 Å². The van der Waals surface area contributed by atoms with Crippen molar-refractivity contribution in [3.63, 3.8) is 0 Å². The molecule has 4 nitrogen and oxygen atoms in total. The molecule has 0 radical (unpaired) electrons. The zero-order valence-corrected chi connectivity index (χ0v) is 12.0. The van der Waals surface area contributed by atoms with Gasteiger partial charge in [0.25, 0.3) is 5.92 Å². The molecule has 1 aromatic rings. The number of carbonyl (C=O) groups is 2. The Kier molecular flexibility index (Phi) is 3.31. The molecule has 0 spiro atoms. The molecule has 1 aliphatic rings. The van der Waals surface area contributed by atoms with Crippen molar-refractivity contribution >= 4 is 17.6 Å². The molecular weight excluding hydrogens is 280 g/mol. The number of hydrogen-bond donors (Lipinski definition) is 2. The van der Waals surface area contributed by atoms with Gasteiger partial charge in [-0.1, -0.05) is 12.1 Å². The van der Waals surface area contributed by atoms with Crippen LogP contribution < -0.4 is 5.32 Å². The van der Waals surface area contributed by atoms with Gasteiger partial charge in [0.15, 0.2) is 0 Å². The van der Waals surface area contributed by atoms with E-state index in [4.69, 9.17) is 5.11 Å². The van der Waals surface area contributed by atoms with Gasteiger partial charge in [-0.25, -0.2) is 8.78 Å². The van der Waals surface area contributed by atoms with Crippen LogP contribution in [0.25, 0.3) is 0 Å². The number of halogens is 2. The van der Waals surface area contributed by atoms with Crippen LogP contribution in [0.4, 0.5) is 14.5 Å². The molecule has 1 saturated carbocycles. The van der Waals surface area contributed by atoms with Gasteiger partial charge in [0.1, 0.15) is 5.41 Å². The first kappa shape index (κ1) is 15.4. The monoisotopic (exact) mass is 297 g/mol. The fourth-order valence-corrected chi connectivity index (χ4v) is 2.01. The summed E-state index contributed by atoms with van der Waals surface area (Å²) in [5, 5.41) is 11.6. The minimum Gasteiger partial charge on any atom is -0.481 e. The predicted molar refractivity (Wildman–Crippen MR) is 73.4 cm³/mol. The first-order valence-corrected chi connectivity index (χ1v) is 6.54. The minimum absolute atomic E-state index is 0.369. The summed E-state index contributed by atoms with van der Waals surface area (Å²) in [6.45, 7) is 4.35. The average molecular weight is 297 g/mol. The van der Waals surface area contributed by atoms with Gasteiger partial charge in [-0.05, 0) is 38.5 Å². The van der Waals surface area contributed by atoms with Crippen molar-refractivity contribution in [1.82, 2.24) is 0 Å². The maximum atomic E-state index is 13.1. The van der Waals surface area contributed by atoms with E-state index >= 15 is 0 Å². The van der Waals surface area contributed by atoms with Crippen molar-refractivity contribution in [2.75, 3.05) is 5.32 Å². The van der Waals surface area contributed by atoms with Crippen molar-refractivity contribution in [2.24, 2.45) is 5.41 Å². The Morgan fingerprint density at radius 3 is 2.10 bits per heavy atom. The fourth-order valence-electron chi connectivity index (χ4n) is 2.01. The van der Waals surface area contributed by atoms with E-state index in [2.05, 4.69) is 5.32 Å². The highest BCUT2D eigenvalue weighted by Crippen LogP contribution is 2.60. The van der Waals surface area contributed by atoms with Crippen molar-refractivity contribution in [3.05, 3.63) is 29.8 Å². The topological polar surface area (TPSA) is 66.4 Å². The van der Waals surface area contributed by atoms with Gasteiger partial charge in [0.05, 0.1) is 5.41 Å². The number of rotatable bonds is 4. The standard InChI is InChI=1S/C15H17F2NO3/c1-13(2,12(20)21)9-4-6-10(7-5-9)18-11(19)14(3)8-15(14,16)17/h4-7H,8H2,1-3H3,(H,18,19)(H,20,21). The van der Waals surface area contributed by atoms with Crippen LogP contribution in [0, 0.1) is 5.41 Å². The molecule has 1 amide bonds. The summed E-state index contributed by atoms with van der Waals surface area (Å²) in [6.07, 6.45) is -0.448. The number of hydrogen-bond acceptors (Lipinski definition) is 2. The Morgan fingerprint density at radius 2 is 1.71 bits per heavy atom. The van der Waals surface area contributed by atoms with Gasteiger partial charge in [0, 0.05) is 12.1 Å².